The quantitative estimate of drug-likeness (QED) is 0.832. The minimum absolute atomic E-state index is 0.0606. The summed E-state index contributed by atoms with van der Waals surface area (Å²) < 4.78 is 5.42. The summed E-state index contributed by atoms with van der Waals surface area (Å²) in [5.41, 5.74) is 5.51. The Morgan fingerprint density at radius 3 is 2.75 bits per heavy atom. The van der Waals surface area contributed by atoms with E-state index >= 15 is 0 Å². The van der Waals surface area contributed by atoms with Crippen molar-refractivity contribution in [2.45, 2.75) is 31.6 Å². The Balaban J connectivity index is 1.45. The molecule has 0 saturated heterocycles. The standard InChI is InChI=1S/C22H23N3O3/c26-21(14-25-19-12-6-7-13-20(19)28-15-22(25)27)24-23-18-11-5-4-10-17(18)16-8-2-1-3-9-16/h1-3,6-9,12-13,17H,4-5,10-11,14-15H2,(H,24,26)/t17-/m1/s1. The third-order valence-electron chi connectivity index (χ3n) is 5.21. The molecule has 4 rings (SSSR count). The van der Waals surface area contributed by atoms with Gasteiger partial charge in [-0.15, -0.1) is 0 Å². The number of para-hydroxylation sites is 2. The van der Waals surface area contributed by atoms with Crippen LogP contribution in [0.25, 0.3) is 0 Å². The maximum atomic E-state index is 12.5. The number of nitrogens with zero attached hydrogens (tertiary/aromatic N) is 2. The van der Waals surface area contributed by atoms with Crippen LogP contribution < -0.4 is 15.1 Å². The minimum Gasteiger partial charge on any atom is -0.482 e. The van der Waals surface area contributed by atoms with E-state index in [1.165, 1.54) is 10.5 Å². The third kappa shape index (κ3) is 3.91. The normalized spacial score (nSPS) is 20.4. The number of hydrogen-bond donors (Lipinski definition) is 1. The predicted octanol–water partition coefficient (Wildman–Crippen LogP) is 3.24. The van der Waals surface area contributed by atoms with Crippen LogP contribution in [0.1, 0.15) is 37.2 Å². The van der Waals surface area contributed by atoms with E-state index in [4.69, 9.17) is 4.74 Å². The molecule has 1 N–H and O–H groups in total. The monoisotopic (exact) mass is 377 g/mol. The van der Waals surface area contributed by atoms with E-state index in [0.29, 0.717) is 11.4 Å². The summed E-state index contributed by atoms with van der Waals surface area (Å²) in [5, 5.41) is 4.44. The number of ether oxygens (including phenoxy) is 1. The zero-order chi connectivity index (χ0) is 19.3. The van der Waals surface area contributed by atoms with Crippen molar-refractivity contribution in [1.82, 2.24) is 5.43 Å². The lowest BCUT2D eigenvalue weighted by molar-refractivity contribution is -0.125. The number of benzene rings is 2. The van der Waals surface area contributed by atoms with Crippen LogP contribution in [0.4, 0.5) is 5.69 Å². The van der Waals surface area contributed by atoms with E-state index in [-0.39, 0.29) is 30.9 Å². The summed E-state index contributed by atoms with van der Waals surface area (Å²) in [6.45, 7) is -0.138. The van der Waals surface area contributed by atoms with Gasteiger partial charge in [0.25, 0.3) is 11.8 Å². The molecule has 1 saturated carbocycles. The van der Waals surface area contributed by atoms with Crippen molar-refractivity contribution in [2.75, 3.05) is 18.1 Å². The Kier molecular flexibility index (Phi) is 5.37. The summed E-state index contributed by atoms with van der Waals surface area (Å²) in [6, 6.07) is 17.5. The lowest BCUT2D eigenvalue weighted by atomic mass is 9.82. The van der Waals surface area contributed by atoms with Gasteiger partial charge < -0.3 is 4.74 Å². The van der Waals surface area contributed by atoms with Crippen LogP contribution in [0, 0.1) is 0 Å². The van der Waals surface area contributed by atoms with Crippen LogP contribution in [0.3, 0.4) is 0 Å². The summed E-state index contributed by atoms with van der Waals surface area (Å²) in [6.07, 6.45) is 4.14. The molecule has 0 unspecified atom stereocenters. The van der Waals surface area contributed by atoms with Gasteiger partial charge in [-0.1, -0.05) is 48.9 Å². The van der Waals surface area contributed by atoms with Gasteiger partial charge in [0, 0.05) is 11.6 Å². The summed E-state index contributed by atoms with van der Waals surface area (Å²) >= 11 is 0. The van der Waals surface area contributed by atoms with Crippen molar-refractivity contribution in [2.24, 2.45) is 5.10 Å². The number of carbonyl (C=O) groups is 2. The van der Waals surface area contributed by atoms with Gasteiger partial charge in [-0.2, -0.15) is 5.10 Å². The fourth-order valence-electron chi connectivity index (χ4n) is 3.81. The molecule has 0 spiro atoms. The first-order valence-corrected chi connectivity index (χ1v) is 9.65. The molecule has 6 nitrogen and oxygen atoms in total. The van der Waals surface area contributed by atoms with Gasteiger partial charge >= 0.3 is 0 Å². The summed E-state index contributed by atoms with van der Waals surface area (Å²) in [7, 11) is 0. The predicted molar refractivity (Wildman–Crippen MR) is 108 cm³/mol. The summed E-state index contributed by atoms with van der Waals surface area (Å²) in [4.78, 5) is 26.2. The molecule has 1 heterocycles. The number of hydrogen-bond acceptors (Lipinski definition) is 4. The number of hydrazone groups is 1. The molecular weight excluding hydrogens is 354 g/mol. The van der Waals surface area contributed by atoms with Gasteiger partial charge in [0.05, 0.1) is 5.69 Å². The van der Waals surface area contributed by atoms with E-state index in [0.717, 1.165) is 31.4 Å². The highest BCUT2D eigenvalue weighted by molar-refractivity contribution is 6.02. The van der Waals surface area contributed by atoms with E-state index in [1.807, 2.05) is 30.3 Å². The van der Waals surface area contributed by atoms with Crippen molar-refractivity contribution in [3.8, 4) is 5.75 Å². The minimum atomic E-state index is -0.310. The van der Waals surface area contributed by atoms with Crippen LogP contribution in [0.2, 0.25) is 0 Å². The highest BCUT2D eigenvalue weighted by atomic mass is 16.5. The third-order valence-corrected chi connectivity index (χ3v) is 5.21. The average molecular weight is 377 g/mol. The molecule has 2 aliphatic rings. The largest absolute Gasteiger partial charge is 0.482 e. The van der Waals surface area contributed by atoms with Crippen LogP contribution in [-0.2, 0) is 9.59 Å². The number of rotatable bonds is 4. The second-order valence-electron chi connectivity index (χ2n) is 7.08. The molecule has 1 aliphatic carbocycles. The maximum absolute atomic E-state index is 12.5. The molecular formula is C22H23N3O3. The van der Waals surface area contributed by atoms with Crippen LogP contribution in [0.5, 0.6) is 5.75 Å². The first-order valence-electron chi connectivity index (χ1n) is 9.65. The van der Waals surface area contributed by atoms with E-state index in [1.54, 1.807) is 12.1 Å². The molecule has 6 heteroatoms. The Hall–Kier alpha value is -3.15. The summed E-state index contributed by atoms with van der Waals surface area (Å²) in [5.74, 6) is 0.301. The first-order chi connectivity index (χ1) is 13.7. The van der Waals surface area contributed by atoms with Gasteiger partial charge in [-0.25, -0.2) is 5.43 Å². The van der Waals surface area contributed by atoms with Crippen LogP contribution >= 0.6 is 0 Å². The van der Waals surface area contributed by atoms with Gasteiger partial charge in [0.2, 0.25) is 0 Å². The first kappa shape index (κ1) is 18.2. The molecule has 28 heavy (non-hydrogen) atoms. The number of anilines is 1. The molecule has 1 aliphatic heterocycles. The Bertz CT molecular complexity index is 895. The number of nitrogens with one attached hydrogen (secondary N) is 1. The Labute approximate surface area is 164 Å². The lowest BCUT2D eigenvalue weighted by Gasteiger charge is -2.28. The van der Waals surface area contributed by atoms with Gasteiger partial charge in [0.15, 0.2) is 6.61 Å². The van der Waals surface area contributed by atoms with E-state index in [9.17, 15) is 9.59 Å². The Morgan fingerprint density at radius 2 is 1.89 bits per heavy atom. The van der Waals surface area contributed by atoms with E-state index in [2.05, 4.69) is 22.7 Å². The molecule has 144 valence electrons. The molecule has 2 amide bonds. The zero-order valence-corrected chi connectivity index (χ0v) is 15.6. The molecule has 2 aromatic rings. The fraction of sp³-hybridized carbons (Fsp3) is 0.318. The van der Waals surface area contributed by atoms with Crippen molar-refractivity contribution in [3.63, 3.8) is 0 Å². The van der Waals surface area contributed by atoms with Gasteiger partial charge in [-0.05, 0) is 37.0 Å². The van der Waals surface area contributed by atoms with Crippen molar-refractivity contribution in [1.29, 1.82) is 0 Å². The van der Waals surface area contributed by atoms with Crippen molar-refractivity contribution in [3.05, 3.63) is 60.2 Å². The second-order valence-corrected chi connectivity index (χ2v) is 7.08. The molecule has 0 aromatic heterocycles. The highest BCUT2D eigenvalue weighted by Gasteiger charge is 2.27. The number of amides is 2. The number of fused-ring (bicyclic) bond motifs is 1. The SMILES string of the molecule is O=C(CN1C(=O)COc2ccccc21)NN=C1CCCC[C@@H]1c1ccccc1. The molecule has 0 bridgehead atoms. The fourth-order valence-corrected chi connectivity index (χ4v) is 3.81. The lowest BCUT2D eigenvalue weighted by Crippen LogP contribution is -2.44. The van der Waals surface area contributed by atoms with Crippen LogP contribution in [-0.4, -0.2) is 30.7 Å². The van der Waals surface area contributed by atoms with E-state index < -0.39 is 0 Å². The van der Waals surface area contributed by atoms with Gasteiger partial charge in [-0.3, -0.25) is 14.5 Å². The number of carbonyl (C=O) groups excluding carboxylic acids is 2. The zero-order valence-electron chi connectivity index (χ0n) is 15.6. The van der Waals surface area contributed by atoms with Crippen LogP contribution in [0.15, 0.2) is 59.7 Å². The molecule has 0 radical (unpaired) electrons. The maximum Gasteiger partial charge on any atom is 0.265 e. The Morgan fingerprint density at radius 1 is 1.11 bits per heavy atom. The molecule has 1 fully saturated rings. The molecule has 2 aromatic carbocycles. The topological polar surface area (TPSA) is 71.0 Å². The molecule has 1 atom stereocenters. The van der Waals surface area contributed by atoms with Gasteiger partial charge in [0.1, 0.15) is 12.3 Å². The van der Waals surface area contributed by atoms with Crippen molar-refractivity contribution >= 4 is 23.2 Å². The average Bonchev–Trinajstić information content (AvgIpc) is 2.75. The smallest absolute Gasteiger partial charge is 0.265 e. The van der Waals surface area contributed by atoms with Crippen molar-refractivity contribution < 1.29 is 14.3 Å². The second kappa shape index (κ2) is 8.25. The highest BCUT2D eigenvalue weighted by Crippen LogP contribution is 2.32.